The first-order valence-corrected chi connectivity index (χ1v) is 14.6. The average Bonchev–Trinajstić information content (AvgIpc) is 3.32. The van der Waals surface area contributed by atoms with E-state index in [2.05, 4.69) is 105 Å². The Hall–Kier alpha value is -0.209. The summed E-state index contributed by atoms with van der Waals surface area (Å²) in [6, 6.07) is 32.6. The van der Waals surface area contributed by atoms with Crippen LogP contribution in [-0.2, 0) is 54.3 Å². The number of ether oxygens (including phenoxy) is 1. The molecule has 0 aliphatic carbocycles. The second-order valence-electron chi connectivity index (χ2n) is 8.81. The molecular formula is C29H30Au2Cl2O2P2. The van der Waals surface area contributed by atoms with Gasteiger partial charge in [-0.15, -0.1) is 0 Å². The fourth-order valence-electron chi connectivity index (χ4n) is 5.70. The molecule has 3 aromatic carbocycles. The molecule has 0 amide bonds. The standard InChI is InChI=1S/C29H30O2P2.2Au.2ClH/c1-4-31-29(30)25-26-20(2)21(3)27(33(26)24-18-12-7-13-19-24)28(25)32(22-14-8-5-9-15-22)23-16-10-6-11-17-23;;;;/h5-19,25-28H,4H2,1-3H3;;;2*1H/q;2*+1;;/p-2/t25-,26?,27?,28+,33?;;;;/m1..../s1. The number of hydrogen-bond donors (Lipinski definition) is 0. The maximum atomic E-state index is 13.6. The van der Waals surface area contributed by atoms with Gasteiger partial charge in [0.25, 0.3) is 0 Å². The van der Waals surface area contributed by atoms with Crippen LogP contribution >= 0.6 is 15.8 Å². The van der Waals surface area contributed by atoms with E-state index in [0.29, 0.717) is 12.3 Å². The third-order valence-electron chi connectivity index (χ3n) is 7.12. The van der Waals surface area contributed by atoms with Crippen molar-refractivity contribution < 1.29 is 79.1 Å². The Morgan fingerprint density at radius 3 is 1.65 bits per heavy atom. The van der Waals surface area contributed by atoms with E-state index in [1.165, 1.54) is 27.1 Å². The summed E-state index contributed by atoms with van der Waals surface area (Å²) in [5, 5.41) is 4.10. The molecule has 2 nitrogen and oxygen atoms in total. The Morgan fingerprint density at radius 1 is 0.757 bits per heavy atom. The molecule has 0 saturated carbocycles. The van der Waals surface area contributed by atoms with E-state index in [-0.39, 0.29) is 92.8 Å². The predicted molar refractivity (Wildman–Crippen MR) is 142 cm³/mol. The van der Waals surface area contributed by atoms with E-state index in [9.17, 15) is 4.79 Å². The second kappa shape index (κ2) is 15.5. The zero-order valence-electron chi connectivity index (χ0n) is 20.7. The SMILES string of the molecule is CCOC(=O)[C@@H]1C2C(C)=C(C)C([C@H]1P(c1ccccc1)c1ccccc1)P2c1ccccc1.[Au+].[Au+].[Cl-].[Cl-]. The minimum atomic E-state index is -0.731. The van der Waals surface area contributed by atoms with Crippen molar-refractivity contribution in [1.82, 2.24) is 0 Å². The van der Waals surface area contributed by atoms with Crippen molar-refractivity contribution in [2.24, 2.45) is 5.92 Å². The molecule has 5 rings (SSSR count). The van der Waals surface area contributed by atoms with Crippen LogP contribution < -0.4 is 40.7 Å². The summed E-state index contributed by atoms with van der Waals surface area (Å²) in [6.07, 6.45) is 0. The van der Waals surface area contributed by atoms with Gasteiger partial charge in [-0.25, -0.2) is 0 Å². The summed E-state index contributed by atoms with van der Waals surface area (Å²) in [4.78, 5) is 13.6. The van der Waals surface area contributed by atoms with Crippen LogP contribution in [0.4, 0.5) is 0 Å². The van der Waals surface area contributed by atoms with Gasteiger partial charge in [0.1, 0.15) is 0 Å². The monoisotopic (exact) mass is 936 g/mol. The maximum absolute atomic E-state index is 13.6. The largest absolute Gasteiger partial charge is 1.00 e. The minimum Gasteiger partial charge on any atom is -1.00 e. The molecule has 0 aromatic heterocycles. The first-order valence-electron chi connectivity index (χ1n) is 11.7. The van der Waals surface area contributed by atoms with Crippen molar-refractivity contribution in [3.63, 3.8) is 0 Å². The van der Waals surface area contributed by atoms with Crippen LogP contribution in [0.1, 0.15) is 20.8 Å². The van der Waals surface area contributed by atoms with Crippen LogP contribution in [0.15, 0.2) is 102 Å². The quantitative estimate of drug-likeness (QED) is 0.146. The van der Waals surface area contributed by atoms with E-state index in [1.807, 2.05) is 6.92 Å². The van der Waals surface area contributed by atoms with E-state index < -0.39 is 15.8 Å². The fraction of sp³-hybridized carbons (Fsp3) is 0.276. The molecule has 0 radical (unpaired) electrons. The van der Waals surface area contributed by atoms with Gasteiger partial charge in [0.2, 0.25) is 0 Å². The zero-order chi connectivity index (χ0) is 22.9. The molecule has 3 unspecified atom stereocenters. The van der Waals surface area contributed by atoms with Gasteiger partial charge in [-0.3, -0.25) is 4.79 Å². The van der Waals surface area contributed by atoms with Gasteiger partial charge >= 0.3 is 50.7 Å². The van der Waals surface area contributed by atoms with Gasteiger partial charge in [0.05, 0.1) is 12.5 Å². The number of benzene rings is 3. The molecule has 2 aliphatic heterocycles. The smallest absolute Gasteiger partial charge is 1.00 e. The average molecular weight is 937 g/mol. The van der Waals surface area contributed by atoms with Crippen LogP contribution in [0.3, 0.4) is 0 Å². The van der Waals surface area contributed by atoms with Crippen LogP contribution in [0, 0.1) is 5.92 Å². The third-order valence-corrected chi connectivity index (χ3v) is 13.8. The topological polar surface area (TPSA) is 26.3 Å². The number of hydrogen-bond acceptors (Lipinski definition) is 2. The van der Waals surface area contributed by atoms with Crippen molar-refractivity contribution in [1.29, 1.82) is 0 Å². The Labute approximate surface area is 267 Å². The van der Waals surface area contributed by atoms with Gasteiger partial charge < -0.3 is 29.6 Å². The molecule has 1 saturated heterocycles. The summed E-state index contributed by atoms with van der Waals surface area (Å²) < 4.78 is 5.76. The maximum Gasteiger partial charge on any atom is 1.00 e. The van der Waals surface area contributed by atoms with Gasteiger partial charge in [-0.1, -0.05) is 110 Å². The fourth-order valence-corrected chi connectivity index (χ4v) is 13.7. The van der Waals surface area contributed by atoms with Crippen LogP contribution in [-0.4, -0.2) is 29.6 Å². The Balaban J connectivity index is 0.00000171. The number of fused-ring (bicyclic) bond motifs is 2. The summed E-state index contributed by atoms with van der Waals surface area (Å²) in [6.45, 7) is 6.93. The van der Waals surface area contributed by atoms with E-state index in [1.54, 1.807) is 0 Å². The zero-order valence-corrected chi connectivity index (χ0v) is 28.4. The van der Waals surface area contributed by atoms with Gasteiger partial charge in [0.15, 0.2) is 0 Å². The Morgan fingerprint density at radius 2 is 1.19 bits per heavy atom. The number of carbonyl (C=O) groups is 1. The van der Waals surface area contributed by atoms with Gasteiger partial charge in [0, 0.05) is 17.0 Å². The number of rotatable bonds is 6. The number of halogens is 2. The van der Waals surface area contributed by atoms with Crippen LogP contribution in [0.2, 0.25) is 0 Å². The Bertz CT molecular complexity index is 1130. The number of allylic oxidation sites excluding steroid dienone is 2. The van der Waals surface area contributed by atoms with E-state index in [4.69, 9.17) is 4.74 Å². The van der Waals surface area contributed by atoms with Crippen molar-refractivity contribution in [3.8, 4) is 0 Å². The summed E-state index contributed by atoms with van der Waals surface area (Å²) in [5.41, 5.74) is 3.81. The van der Waals surface area contributed by atoms with Crippen molar-refractivity contribution in [2.45, 2.75) is 37.7 Å². The predicted octanol–water partition coefficient (Wildman–Crippen LogP) is -0.422. The normalized spacial score (nSPS) is 23.3. The van der Waals surface area contributed by atoms with Crippen LogP contribution in [0.25, 0.3) is 0 Å². The molecule has 5 atom stereocenters. The molecule has 2 bridgehead atoms. The molecule has 37 heavy (non-hydrogen) atoms. The molecule has 1 fully saturated rings. The first kappa shape index (κ1) is 34.8. The van der Waals surface area contributed by atoms with Crippen molar-refractivity contribution in [3.05, 3.63) is 102 Å². The minimum absolute atomic E-state index is 0. The summed E-state index contributed by atoms with van der Waals surface area (Å²) in [5.74, 6) is -0.110. The molecule has 3 aromatic rings. The summed E-state index contributed by atoms with van der Waals surface area (Å²) in [7, 11) is -1.25. The van der Waals surface area contributed by atoms with Crippen molar-refractivity contribution >= 4 is 37.7 Å². The van der Waals surface area contributed by atoms with Crippen LogP contribution in [0.5, 0.6) is 0 Å². The molecule has 8 heteroatoms. The third kappa shape index (κ3) is 6.58. The first-order chi connectivity index (χ1) is 16.1. The molecule has 2 heterocycles. The number of esters is 1. The molecule has 2 aliphatic rings. The molecule has 0 N–H and O–H groups in total. The molecular weight excluding hydrogens is 907 g/mol. The van der Waals surface area contributed by atoms with Gasteiger partial charge in [-0.2, -0.15) is 0 Å². The van der Waals surface area contributed by atoms with Crippen molar-refractivity contribution in [2.75, 3.05) is 6.61 Å². The Kier molecular flexibility index (Phi) is 14.6. The summed E-state index contributed by atoms with van der Waals surface area (Å²) >= 11 is 0. The molecule has 0 spiro atoms. The van der Waals surface area contributed by atoms with Gasteiger partial charge in [-0.05, 0) is 44.6 Å². The van der Waals surface area contributed by atoms with E-state index >= 15 is 0 Å². The van der Waals surface area contributed by atoms with E-state index in [0.717, 1.165) is 0 Å². The number of carbonyl (C=O) groups excluding carboxylic acids is 1. The molecule has 204 valence electrons. The second-order valence-corrected chi connectivity index (χ2v) is 13.6.